The topological polar surface area (TPSA) is 100 Å². The number of hydrogen-bond donors (Lipinski definition) is 6. The van der Waals surface area contributed by atoms with Crippen molar-refractivity contribution >= 4 is 0 Å². The smallest absolute Gasteiger partial charge is 1.00 e. The maximum Gasteiger partial charge on any atom is 3.00 e. The molecule has 0 aliphatic rings. The van der Waals surface area contributed by atoms with Crippen LogP contribution in [0.15, 0.2) is 0 Å². The van der Waals surface area contributed by atoms with Crippen LogP contribution in [-0.2, 0) is 17.1 Å². The Kier molecular flexibility index (Phi) is 53.0. The average molecular weight is 395 g/mol. The van der Waals surface area contributed by atoms with E-state index >= 15 is 0 Å². The molecule has 0 aliphatic carbocycles. The van der Waals surface area contributed by atoms with Crippen LogP contribution in [0.5, 0.6) is 0 Å². The van der Waals surface area contributed by atoms with E-state index in [1.54, 1.807) is 0 Å². The van der Waals surface area contributed by atoms with Gasteiger partial charge in [-0.15, -0.1) is 0 Å². The molecule has 6 nitrogen and oxygen atoms in total. The van der Waals surface area contributed by atoms with Crippen LogP contribution in [0.25, 0.3) is 0 Å². The Hall–Kier alpha value is 1.15. The Morgan fingerprint density at radius 3 is 0.850 bits per heavy atom. The first-order valence-electron chi connectivity index (χ1n) is 6.14. The summed E-state index contributed by atoms with van der Waals surface area (Å²) < 4.78 is 0. The second-order valence-corrected chi connectivity index (χ2v) is 3.58. The van der Waals surface area contributed by atoms with E-state index in [0.717, 1.165) is 52.4 Å². The van der Waals surface area contributed by atoms with E-state index in [2.05, 4.69) is 21.3 Å². The molecular weight excluding hydrogens is 366 g/mol. The molecule has 0 amide bonds. The van der Waals surface area contributed by atoms with Gasteiger partial charge in [-0.1, -0.05) is 0 Å². The zero-order valence-electron chi connectivity index (χ0n) is 11.7. The monoisotopic (exact) mass is 393 g/mol. The van der Waals surface area contributed by atoms with Crippen molar-refractivity contribution in [1.29, 1.82) is 0 Å². The normalized spacial score (nSPS) is 8.70. The van der Waals surface area contributed by atoms with Crippen LogP contribution >= 0.6 is 0 Å². The van der Waals surface area contributed by atoms with Crippen LogP contribution < -0.4 is 70.0 Å². The molecule has 20 heavy (non-hydrogen) atoms. The van der Waals surface area contributed by atoms with Gasteiger partial charge in [-0.05, 0) is 0 Å². The third-order valence-electron chi connectivity index (χ3n) is 2.08. The fourth-order valence-corrected chi connectivity index (χ4v) is 1.23. The van der Waals surface area contributed by atoms with Crippen molar-refractivity contribution in [3.8, 4) is 0 Å². The molecule has 0 aromatic carbocycles. The molecule has 0 aliphatic heterocycles. The quantitative estimate of drug-likeness (QED) is 0.137. The fraction of sp³-hybridized carbons (Fsp3) is 1.00. The van der Waals surface area contributed by atoms with Gasteiger partial charge in [0.05, 0.1) is 0 Å². The standard InChI is InChI=1S/C10H28N6.3ClH.Fe/c11-1-3-13-5-7-15-9-10-16-8-6-14-4-2-12;;;;/h13-16H,1-12H2;3*1H;/q;;;;+3/p-3. The molecule has 0 fully saturated rings. The van der Waals surface area contributed by atoms with Gasteiger partial charge in [0.2, 0.25) is 0 Å². The van der Waals surface area contributed by atoms with Gasteiger partial charge in [0.25, 0.3) is 0 Å². The Morgan fingerprint density at radius 2 is 0.650 bits per heavy atom. The number of nitrogens with one attached hydrogen (secondary N) is 4. The minimum atomic E-state index is 0. The van der Waals surface area contributed by atoms with Crippen LogP contribution in [-0.4, -0.2) is 65.4 Å². The first-order chi connectivity index (χ1) is 7.91. The summed E-state index contributed by atoms with van der Waals surface area (Å²) in [6, 6.07) is 0. The number of halogens is 3. The molecule has 0 aromatic rings. The van der Waals surface area contributed by atoms with Crippen molar-refractivity contribution in [2.45, 2.75) is 0 Å². The first kappa shape index (κ1) is 32.9. The van der Waals surface area contributed by atoms with Gasteiger partial charge in [0, 0.05) is 65.4 Å². The number of rotatable bonds is 13. The summed E-state index contributed by atoms with van der Waals surface area (Å²) in [5, 5.41) is 13.1. The van der Waals surface area contributed by atoms with E-state index in [1.807, 2.05) is 0 Å². The van der Waals surface area contributed by atoms with Crippen LogP contribution in [0.4, 0.5) is 0 Å². The van der Waals surface area contributed by atoms with Gasteiger partial charge >= 0.3 is 17.1 Å². The van der Waals surface area contributed by atoms with Crippen LogP contribution in [0, 0.1) is 0 Å². The van der Waals surface area contributed by atoms with Crippen LogP contribution in [0.2, 0.25) is 0 Å². The molecule has 0 heterocycles. The van der Waals surface area contributed by atoms with Crippen molar-refractivity contribution in [1.82, 2.24) is 21.3 Å². The Bertz CT molecular complexity index is 126. The molecule has 0 unspecified atom stereocenters. The summed E-state index contributed by atoms with van der Waals surface area (Å²) in [5.41, 5.74) is 10.7. The minimum Gasteiger partial charge on any atom is -1.00 e. The van der Waals surface area contributed by atoms with Crippen molar-refractivity contribution in [2.24, 2.45) is 11.5 Å². The van der Waals surface area contributed by atoms with Gasteiger partial charge in [-0.2, -0.15) is 0 Å². The van der Waals surface area contributed by atoms with E-state index in [0.29, 0.717) is 13.1 Å². The average Bonchev–Trinajstić information content (AvgIpc) is 2.31. The van der Waals surface area contributed by atoms with E-state index in [1.165, 1.54) is 0 Å². The molecule has 0 rings (SSSR count). The molecule has 1 radical (unpaired) electrons. The zero-order chi connectivity index (χ0) is 11.9. The third kappa shape index (κ3) is 31.5. The summed E-state index contributed by atoms with van der Waals surface area (Å²) in [4.78, 5) is 0. The first-order valence-corrected chi connectivity index (χ1v) is 6.14. The molecule has 0 aromatic heterocycles. The SMILES string of the molecule is NCCNCCNCCNCCNCCN.[Cl-].[Cl-].[Cl-].[Fe+3]. The molecule has 0 spiro atoms. The van der Waals surface area contributed by atoms with Gasteiger partial charge < -0.3 is 70.0 Å². The molecule has 127 valence electrons. The fourth-order valence-electron chi connectivity index (χ4n) is 1.23. The molecule has 8 N–H and O–H groups in total. The molecule has 0 saturated carbocycles. The van der Waals surface area contributed by atoms with Gasteiger partial charge in [-0.25, -0.2) is 0 Å². The Morgan fingerprint density at radius 1 is 0.450 bits per heavy atom. The van der Waals surface area contributed by atoms with Crippen LogP contribution in [0.1, 0.15) is 0 Å². The molecule has 0 saturated heterocycles. The number of nitrogens with two attached hydrogens (primary N) is 2. The zero-order valence-corrected chi connectivity index (χ0v) is 15.1. The van der Waals surface area contributed by atoms with Crippen molar-refractivity contribution < 1.29 is 54.3 Å². The molecular formula is C10H28Cl3FeN6. The summed E-state index contributed by atoms with van der Waals surface area (Å²) in [7, 11) is 0. The number of hydrogen-bond acceptors (Lipinski definition) is 6. The predicted octanol–water partition coefficient (Wildman–Crippen LogP) is -11.7. The Balaban J connectivity index is -0.000000187. The summed E-state index contributed by atoms with van der Waals surface area (Å²) in [5.74, 6) is 0. The molecule has 10 heteroatoms. The summed E-state index contributed by atoms with van der Waals surface area (Å²) >= 11 is 0. The summed E-state index contributed by atoms with van der Waals surface area (Å²) in [6.07, 6.45) is 0. The van der Waals surface area contributed by atoms with Gasteiger partial charge in [0.1, 0.15) is 0 Å². The van der Waals surface area contributed by atoms with Crippen molar-refractivity contribution in [2.75, 3.05) is 65.4 Å². The second kappa shape index (κ2) is 32.2. The van der Waals surface area contributed by atoms with Crippen LogP contribution in [0.3, 0.4) is 0 Å². The Labute approximate surface area is 152 Å². The van der Waals surface area contributed by atoms with E-state index in [4.69, 9.17) is 11.5 Å². The maximum atomic E-state index is 5.35. The molecule has 0 bridgehead atoms. The van der Waals surface area contributed by atoms with E-state index in [-0.39, 0.29) is 54.3 Å². The van der Waals surface area contributed by atoms with E-state index < -0.39 is 0 Å². The summed E-state index contributed by atoms with van der Waals surface area (Å²) in [6.45, 7) is 9.15. The maximum absolute atomic E-state index is 5.35. The largest absolute Gasteiger partial charge is 3.00 e. The predicted molar refractivity (Wildman–Crippen MR) is 69.6 cm³/mol. The third-order valence-corrected chi connectivity index (χ3v) is 2.08. The van der Waals surface area contributed by atoms with Crippen molar-refractivity contribution in [3.05, 3.63) is 0 Å². The van der Waals surface area contributed by atoms with Crippen molar-refractivity contribution in [3.63, 3.8) is 0 Å². The molecule has 0 atom stereocenters. The van der Waals surface area contributed by atoms with Gasteiger partial charge in [0.15, 0.2) is 0 Å². The van der Waals surface area contributed by atoms with Gasteiger partial charge in [-0.3, -0.25) is 0 Å². The second-order valence-electron chi connectivity index (χ2n) is 3.58. The minimum absolute atomic E-state index is 0. The van der Waals surface area contributed by atoms with E-state index in [9.17, 15) is 0 Å².